The van der Waals surface area contributed by atoms with Crippen LogP contribution in [0.4, 0.5) is 0 Å². The summed E-state index contributed by atoms with van der Waals surface area (Å²) in [6.07, 6.45) is 3.97. The first-order valence-electron chi connectivity index (χ1n) is 12.5. The number of hydrogen-bond acceptors (Lipinski definition) is 6. The molecule has 0 aromatic heterocycles. The van der Waals surface area contributed by atoms with E-state index in [2.05, 4.69) is 12.2 Å². The quantitative estimate of drug-likeness (QED) is 0.598. The second-order valence-corrected chi connectivity index (χ2v) is 9.59. The molecular weight excluding hydrogens is 460 g/mol. The summed E-state index contributed by atoms with van der Waals surface area (Å²) in [6, 6.07) is 12.1. The summed E-state index contributed by atoms with van der Waals surface area (Å²) in [4.78, 5) is 28.9. The average Bonchev–Trinajstić information content (AvgIpc) is 3.28. The number of carbonyl (C=O) groups excluding carboxylic acids is 2. The van der Waals surface area contributed by atoms with Crippen LogP contribution in [-0.2, 0) is 16.0 Å². The normalized spacial score (nSPS) is 23.4. The van der Waals surface area contributed by atoms with Crippen molar-refractivity contribution < 1.29 is 28.5 Å². The van der Waals surface area contributed by atoms with E-state index in [4.69, 9.17) is 18.9 Å². The van der Waals surface area contributed by atoms with Gasteiger partial charge in [0.2, 0.25) is 5.91 Å². The van der Waals surface area contributed by atoms with Crippen molar-refractivity contribution in [3.63, 3.8) is 0 Å². The molecule has 1 aliphatic heterocycles. The van der Waals surface area contributed by atoms with E-state index in [9.17, 15) is 9.59 Å². The molecule has 2 fully saturated rings. The first-order chi connectivity index (χ1) is 17.4. The molecule has 2 aromatic rings. The Morgan fingerprint density at radius 3 is 2.47 bits per heavy atom. The Morgan fingerprint density at radius 1 is 1.03 bits per heavy atom. The molecule has 1 spiro atoms. The molecule has 1 saturated carbocycles. The fourth-order valence-electron chi connectivity index (χ4n) is 5.16. The van der Waals surface area contributed by atoms with Gasteiger partial charge in [0.1, 0.15) is 17.5 Å². The van der Waals surface area contributed by atoms with Crippen molar-refractivity contribution in [1.82, 2.24) is 10.2 Å². The molecule has 0 bridgehead atoms. The van der Waals surface area contributed by atoms with Crippen molar-refractivity contribution in [3.05, 3.63) is 53.6 Å². The van der Waals surface area contributed by atoms with Gasteiger partial charge in [-0.2, -0.15) is 0 Å². The standard InChI is InChI=1S/C28H36N2O6/c1-19-10-13-28(14-11-19)30(27(32)21-6-5-7-22(17-21)33-2)23(18-36-28)26(31)29-15-12-20-8-9-24(34-3)25(16-20)35-4/h5-9,16-17,19,23H,10-15,18H2,1-4H3,(H,29,31). The molecule has 1 atom stereocenters. The molecule has 2 aliphatic rings. The third-order valence-electron chi connectivity index (χ3n) is 7.32. The van der Waals surface area contributed by atoms with Crippen molar-refractivity contribution >= 4 is 11.8 Å². The van der Waals surface area contributed by atoms with Crippen LogP contribution in [0, 0.1) is 5.92 Å². The fraction of sp³-hybridized carbons (Fsp3) is 0.500. The zero-order valence-electron chi connectivity index (χ0n) is 21.5. The second kappa shape index (κ2) is 11.2. The summed E-state index contributed by atoms with van der Waals surface area (Å²) in [5.74, 6) is 2.06. The fourth-order valence-corrected chi connectivity index (χ4v) is 5.16. The van der Waals surface area contributed by atoms with Gasteiger partial charge >= 0.3 is 0 Å². The molecule has 36 heavy (non-hydrogen) atoms. The molecule has 194 valence electrons. The number of carbonyl (C=O) groups is 2. The minimum atomic E-state index is -0.752. The Kier molecular flexibility index (Phi) is 8.04. The monoisotopic (exact) mass is 496 g/mol. The molecule has 1 unspecified atom stereocenters. The largest absolute Gasteiger partial charge is 0.497 e. The van der Waals surface area contributed by atoms with E-state index in [0.717, 1.165) is 31.2 Å². The molecule has 1 aliphatic carbocycles. The van der Waals surface area contributed by atoms with Crippen LogP contribution in [0.5, 0.6) is 17.2 Å². The van der Waals surface area contributed by atoms with E-state index in [1.165, 1.54) is 0 Å². The molecule has 1 saturated heterocycles. The summed E-state index contributed by atoms with van der Waals surface area (Å²) in [7, 11) is 4.76. The Balaban J connectivity index is 1.50. The van der Waals surface area contributed by atoms with Crippen LogP contribution in [-0.4, -0.2) is 63.0 Å². The van der Waals surface area contributed by atoms with E-state index < -0.39 is 11.8 Å². The van der Waals surface area contributed by atoms with Crippen LogP contribution >= 0.6 is 0 Å². The first kappa shape index (κ1) is 25.8. The highest BCUT2D eigenvalue weighted by Crippen LogP contribution is 2.43. The molecule has 4 rings (SSSR count). The number of methoxy groups -OCH3 is 3. The number of ether oxygens (including phenoxy) is 4. The number of rotatable bonds is 8. The Bertz CT molecular complexity index is 1080. The van der Waals surface area contributed by atoms with E-state index >= 15 is 0 Å². The second-order valence-electron chi connectivity index (χ2n) is 9.59. The van der Waals surface area contributed by atoms with Crippen LogP contribution in [0.1, 0.15) is 48.5 Å². The number of benzene rings is 2. The van der Waals surface area contributed by atoms with Gasteiger partial charge in [-0.1, -0.05) is 19.1 Å². The van der Waals surface area contributed by atoms with Crippen LogP contribution < -0.4 is 19.5 Å². The highest BCUT2D eigenvalue weighted by Gasteiger charge is 2.53. The number of amides is 2. The maximum atomic E-state index is 13.8. The van der Waals surface area contributed by atoms with Crippen molar-refractivity contribution in [1.29, 1.82) is 0 Å². The zero-order chi connectivity index (χ0) is 25.7. The molecule has 8 nitrogen and oxygen atoms in total. The van der Waals surface area contributed by atoms with Gasteiger partial charge in [0.15, 0.2) is 11.5 Å². The SMILES string of the molecule is COc1cccc(C(=O)N2C(C(=O)NCCc3ccc(OC)c(OC)c3)COC23CCC(C)CC3)c1. The third-order valence-corrected chi connectivity index (χ3v) is 7.32. The summed E-state index contributed by atoms with van der Waals surface area (Å²) in [5.41, 5.74) is 0.747. The van der Waals surface area contributed by atoms with Crippen molar-refractivity contribution in [2.24, 2.45) is 5.92 Å². The lowest BCUT2D eigenvalue weighted by atomic mass is 9.83. The minimum absolute atomic E-state index is 0.187. The van der Waals surface area contributed by atoms with Gasteiger partial charge in [0.05, 0.1) is 27.9 Å². The smallest absolute Gasteiger partial charge is 0.257 e. The predicted octanol–water partition coefficient (Wildman–Crippen LogP) is 3.82. The zero-order valence-corrected chi connectivity index (χ0v) is 21.5. The van der Waals surface area contributed by atoms with Gasteiger partial charge < -0.3 is 24.3 Å². The van der Waals surface area contributed by atoms with Crippen LogP contribution in [0.15, 0.2) is 42.5 Å². The van der Waals surface area contributed by atoms with Gasteiger partial charge in [0.25, 0.3) is 5.91 Å². The Morgan fingerprint density at radius 2 is 1.78 bits per heavy atom. The molecule has 1 N–H and O–H groups in total. The summed E-state index contributed by atoms with van der Waals surface area (Å²) < 4.78 is 22.3. The van der Waals surface area contributed by atoms with Crippen LogP contribution in [0.2, 0.25) is 0 Å². The topological polar surface area (TPSA) is 86.3 Å². The molecular formula is C28H36N2O6. The molecule has 0 radical (unpaired) electrons. The third kappa shape index (κ3) is 5.28. The Labute approximate surface area is 212 Å². The Hall–Kier alpha value is -3.26. The summed E-state index contributed by atoms with van der Waals surface area (Å²) in [5, 5.41) is 3.02. The molecule has 8 heteroatoms. The average molecular weight is 497 g/mol. The molecule has 2 amide bonds. The van der Waals surface area contributed by atoms with Crippen molar-refractivity contribution in [3.8, 4) is 17.2 Å². The molecule has 1 heterocycles. The summed E-state index contributed by atoms with van der Waals surface area (Å²) >= 11 is 0. The van der Waals surface area contributed by atoms with Crippen LogP contribution in [0.3, 0.4) is 0 Å². The van der Waals surface area contributed by atoms with Gasteiger partial charge in [-0.25, -0.2) is 0 Å². The van der Waals surface area contributed by atoms with Crippen molar-refractivity contribution in [2.45, 2.75) is 50.8 Å². The highest BCUT2D eigenvalue weighted by molar-refractivity contribution is 5.98. The minimum Gasteiger partial charge on any atom is -0.497 e. The van der Waals surface area contributed by atoms with Crippen molar-refractivity contribution in [2.75, 3.05) is 34.5 Å². The molecule has 2 aromatic carbocycles. The maximum absolute atomic E-state index is 13.8. The predicted molar refractivity (Wildman–Crippen MR) is 136 cm³/mol. The lowest BCUT2D eigenvalue weighted by molar-refractivity contribution is -0.127. The van der Waals surface area contributed by atoms with Gasteiger partial charge in [-0.15, -0.1) is 0 Å². The van der Waals surface area contributed by atoms with E-state index in [1.807, 2.05) is 18.2 Å². The number of hydrogen-bond donors (Lipinski definition) is 1. The van der Waals surface area contributed by atoms with Crippen LogP contribution in [0.25, 0.3) is 0 Å². The van der Waals surface area contributed by atoms with E-state index in [1.54, 1.807) is 50.5 Å². The van der Waals surface area contributed by atoms with E-state index in [-0.39, 0.29) is 18.4 Å². The van der Waals surface area contributed by atoms with Gasteiger partial charge in [-0.3, -0.25) is 14.5 Å². The lowest BCUT2D eigenvalue weighted by Crippen LogP contribution is -2.57. The van der Waals surface area contributed by atoms with Gasteiger partial charge in [-0.05, 0) is 73.9 Å². The summed E-state index contributed by atoms with van der Waals surface area (Å²) in [6.45, 7) is 2.83. The lowest BCUT2D eigenvalue weighted by Gasteiger charge is -2.43. The van der Waals surface area contributed by atoms with Gasteiger partial charge in [0, 0.05) is 12.1 Å². The highest BCUT2D eigenvalue weighted by atomic mass is 16.5. The number of nitrogens with one attached hydrogen (secondary N) is 1. The first-order valence-corrected chi connectivity index (χ1v) is 12.5. The van der Waals surface area contributed by atoms with E-state index in [0.29, 0.717) is 41.7 Å². The number of nitrogens with zero attached hydrogens (tertiary/aromatic N) is 1. The maximum Gasteiger partial charge on any atom is 0.257 e.